The number of hydrogen-bond donors (Lipinski definition) is 1. The Labute approximate surface area is 204 Å². The van der Waals surface area contributed by atoms with Gasteiger partial charge in [-0.05, 0) is 86.3 Å². The Hall–Kier alpha value is -3.30. The molecule has 9 heteroatoms. The van der Waals surface area contributed by atoms with Gasteiger partial charge in [0.1, 0.15) is 0 Å². The molecule has 178 valence electrons. The summed E-state index contributed by atoms with van der Waals surface area (Å²) in [5, 5.41) is 2.79. The van der Waals surface area contributed by atoms with E-state index in [0.29, 0.717) is 28.1 Å². The predicted molar refractivity (Wildman–Crippen MR) is 135 cm³/mol. The van der Waals surface area contributed by atoms with Crippen LogP contribution in [-0.4, -0.2) is 40.2 Å². The van der Waals surface area contributed by atoms with E-state index in [9.17, 15) is 18.0 Å². The van der Waals surface area contributed by atoms with Crippen LogP contribution in [0.3, 0.4) is 0 Å². The summed E-state index contributed by atoms with van der Waals surface area (Å²) in [7, 11) is -2.45. The summed E-state index contributed by atoms with van der Waals surface area (Å²) in [6.45, 7) is 3.71. The second-order valence-electron chi connectivity index (χ2n) is 7.32. The Kier molecular flexibility index (Phi) is 8.01. The van der Waals surface area contributed by atoms with Crippen LogP contribution in [0.5, 0.6) is 0 Å². The largest absolute Gasteiger partial charge is 0.465 e. The first kappa shape index (κ1) is 25.3. The minimum absolute atomic E-state index is 0.204. The van der Waals surface area contributed by atoms with Gasteiger partial charge in [0.2, 0.25) is 0 Å². The maximum atomic E-state index is 13.2. The molecule has 0 aliphatic carbocycles. The highest BCUT2D eigenvalue weighted by Gasteiger charge is 2.24. The standard InChI is InChI=1S/C25H26N2O5S2/c1-5-27(34(30,31)21-15-13-20(33-4)14-16-21)19-11-9-18(10-12-19)24(28)26-23-8-6-7-22(17(23)2)25(29)32-3/h6-16H,5H2,1-4H3,(H,26,28). The molecule has 3 aromatic rings. The van der Waals surface area contributed by atoms with Crippen molar-refractivity contribution in [3.8, 4) is 0 Å². The summed E-state index contributed by atoms with van der Waals surface area (Å²) in [6, 6.07) is 18.1. The molecule has 0 bridgehead atoms. The van der Waals surface area contributed by atoms with Gasteiger partial charge in [-0.25, -0.2) is 13.2 Å². The molecule has 3 aromatic carbocycles. The molecular formula is C25H26N2O5S2. The van der Waals surface area contributed by atoms with Crippen molar-refractivity contribution in [3.63, 3.8) is 0 Å². The number of nitrogens with zero attached hydrogens (tertiary/aromatic N) is 1. The van der Waals surface area contributed by atoms with Gasteiger partial charge in [-0.2, -0.15) is 0 Å². The van der Waals surface area contributed by atoms with Gasteiger partial charge in [-0.1, -0.05) is 6.07 Å². The fourth-order valence-electron chi connectivity index (χ4n) is 3.44. The van der Waals surface area contributed by atoms with Crippen molar-refractivity contribution in [1.29, 1.82) is 0 Å². The fraction of sp³-hybridized carbons (Fsp3) is 0.200. The molecule has 1 amide bonds. The third kappa shape index (κ3) is 5.26. The Morgan fingerprint density at radius 2 is 1.65 bits per heavy atom. The first-order valence-corrected chi connectivity index (χ1v) is 13.2. The van der Waals surface area contributed by atoms with Crippen molar-refractivity contribution in [3.05, 3.63) is 83.4 Å². The van der Waals surface area contributed by atoms with Crippen molar-refractivity contribution < 1.29 is 22.7 Å². The molecule has 0 aromatic heterocycles. The summed E-state index contributed by atoms with van der Waals surface area (Å²) in [5.74, 6) is -0.864. The lowest BCUT2D eigenvalue weighted by Gasteiger charge is -2.23. The average Bonchev–Trinajstić information content (AvgIpc) is 2.85. The van der Waals surface area contributed by atoms with E-state index in [1.165, 1.54) is 23.2 Å². The Bertz CT molecular complexity index is 1290. The quantitative estimate of drug-likeness (QED) is 0.348. The van der Waals surface area contributed by atoms with Gasteiger partial charge in [0.25, 0.3) is 15.9 Å². The van der Waals surface area contributed by atoms with Crippen molar-refractivity contribution in [2.45, 2.75) is 23.6 Å². The number of carbonyl (C=O) groups excluding carboxylic acids is 2. The van der Waals surface area contributed by atoms with Crippen molar-refractivity contribution in [2.24, 2.45) is 0 Å². The Morgan fingerprint density at radius 1 is 1.00 bits per heavy atom. The number of benzene rings is 3. The van der Waals surface area contributed by atoms with Gasteiger partial charge in [0.05, 0.1) is 23.3 Å². The van der Waals surface area contributed by atoms with Crippen molar-refractivity contribution in [1.82, 2.24) is 0 Å². The third-order valence-corrected chi connectivity index (χ3v) is 8.00. The van der Waals surface area contributed by atoms with Crippen LogP contribution in [0.25, 0.3) is 0 Å². The Balaban J connectivity index is 1.82. The van der Waals surface area contributed by atoms with E-state index in [2.05, 4.69) is 5.32 Å². The van der Waals surface area contributed by atoms with Crippen LogP contribution in [0.1, 0.15) is 33.2 Å². The van der Waals surface area contributed by atoms with E-state index < -0.39 is 16.0 Å². The number of nitrogens with one attached hydrogen (secondary N) is 1. The number of rotatable bonds is 8. The molecule has 0 heterocycles. The summed E-state index contributed by atoms with van der Waals surface area (Å²) in [6.07, 6.45) is 1.93. The topological polar surface area (TPSA) is 92.8 Å². The number of hydrogen-bond acceptors (Lipinski definition) is 6. The average molecular weight is 499 g/mol. The lowest BCUT2D eigenvalue weighted by atomic mass is 10.1. The Morgan fingerprint density at radius 3 is 2.21 bits per heavy atom. The normalized spacial score (nSPS) is 11.1. The molecule has 0 aliphatic heterocycles. The first-order valence-electron chi connectivity index (χ1n) is 10.5. The number of carbonyl (C=O) groups is 2. The van der Waals surface area contributed by atoms with Crippen molar-refractivity contribution >= 4 is 45.0 Å². The monoisotopic (exact) mass is 498 g/mol. The number of esters is 1. The van der Waals surface area contributed by atoms with E-state index >= 15 is 0 Å². The molecule has 0 radical (unpaired) electrons. The highest BCUT2D eigenvalue weighted by molar-refractivity contribution is 7.98. The van der Waals surface area contributed by atoms with Crippen LogP contribution >= 0.6 is 11.8 Å². The van der Waals surface area contributed by atoms with Gasteiger partial charge in [0, 0.05) is 22.7 Å². The summed E-state index contributed by atoms with van der Waals surface area (Å²) < 4.78 is 32.4. The fourth-order valence-corrected chi connectivity index (χ4v) is 5.32. The molecule has 0 atom stereocenters. The molecule has 3 rings (SSSR count). The molecule has 0 saturated carbocycles. The van der Waals surface area contributed by atoms with Gasteiger partial charge in [-0.15, -0.1) is 11.8 Å². The zero-order valence-electron chi connectivity index (χ0n) is 19.4. The molecule has 0 unspecified atom stereocenters. The smallest absolute Gasteiger partial charge is 0.338 e. The third-order valence-electron chi connectivity index (χ3n) is 5.34. The van der Waals surface area contributed by atoms with Gasteiger partial charge >= 0.3 is 5.97 Å². The number of anilines is 2. The molecule has 0 spiro atoms. The number of thioether (sulfide) groups is 1. The van der Waals surface area contributed by atoms with Crippen LogP contribution in [-0.2, 0) is 14.8 Å². The lowest BCUT2D eigenvalue weighted by molar-refractivity contribution is 0.0599. The SMILES string of the molecule is CCN(c1ccc(C(=O)Nc2cccc(C(=O)OC)c2C)cc1)S(=O)(=O)c1ccc(SC)cc1. The van der Waals surface area contributed by atoms with E-state index in [-0.39, 0.29) is 17.3 Å². The first-order chi connectivity index (χ1) is 16.2. The highest BCUT2D eigenvalue weighted by Crippen LogP contribution is 2.26. The summed E-state index contributed by atoms with van der Waals surface area (Å²) >= 11 is 1.54. The zero-order valence-corrected chi connectivity index (χ0v) is 21.0. The number of ether oxygens (including phenoxy) is 1. The van der Waals surface area contributed by atoms with Crippen molar-refractivity contribution in [2.75, 3.05) is 29.5 Å². The summed E-state index contributed by atoms with van der Waals surface area (Å²) in [4.78, 5) is 25.9. The molecule has 0 saturated heterocycles. The van der Waals surface area contributed by atoms with E-state index in [1.807, 2.05) is 6.26 Å². The zero-order chi connectivity index (χ0) is 24.9. The molecule has 34 heavy (non-hydrogen) atoms. The number of amides is 1. The molecule has 0 fully saturated rings. The molecule has 0 aliphatic rings. The van der Waals surface area contributed by atoms with Crippen LogP contribution in [0, 0.1) is 6.92 Å². The number of methoxy groups -OCH3 is 1. The summed E-state index contributed by atoms with van der Waals surface area (Å²) in [5.41, 5.74) is 2.25. The van der Waals surface area contributed by atoms with Crippen LogP contribution < -0.4 is 9.62 Å². The maximum absolute atomic E-state index is 13.2. The van der Waals surface area contributed by atoms with Gasteiger partial charge in [-0.3, -0.25) is 9.10 Å². The predicted octanol–water partition coefficient (Wildman–Crippen LogP) is 4.97. The van der Waals surface area contributed by atoms with E-state index in [0.717, 1.165) is 4.90 Å². The van der Waals surface area contributed by atoms with Crippen LogP contribution in [0.2, 0.25) is 0 Å². The van der Waals surface area contributed by atoms with Gasteiger partial charge < -0.3 is 10.1 Å². The molecule has 7 nitrogen and oxygen atoms in total. The maximum Gasteiger partial charge on any atom is 0.338 e. The van der Waals surface area contributed by atoms with Crippen LogP contribution in [0.15, 0.2) is 76.5 Å². The minimum Gasteiger partial charge on any atom is -0.465 e. The molecule has 1 N–H and O–H groups in total. The second kappa shape index (κ2) is 10.8. The highest BCUT2D eigenvalue weighted by atomic mass is 32.2. The second-order valence-corrected chi connectivity index (χ2v) is 10.1. The lowest BCUT2D eigenvalue weighted by Crippen LogP contribution is -2.30. The number of sulfonamides is 1. The molecular weight excluding hydrogens is 472 g/mol. The van der Waals surface area contributed by atoms with E-state index in [1.54, 1.807) is 80.6 Å². The van der Waals surface area contributed by atoms with Gasteiger partial charge in [0.15, 0.2) is 0 Å². The van der Waals surface area contributed by atoms with E-state index in [4.69, 9.17) is 4.74 Å². The van der Waals surface area contributed by atoms with Crippen LogP contribution in [0.4, 0.5) is 11.4 Å². The minimum atomic E-state index is -3.75.